The van der Waals surface area contributed by atoms with Crippen LogP contribution in [0.3, 0.4) is 0 Å². The van der Waals surface area contributed by atoms with Crippen molar-refractivity contribution < 1.29 is 4.84 Å². The molecule has 116 valence electrons. The van der Waals surface area contributed by atoms with Crippen molar-refractivity contribution in [3.8, 4) is 0 Å². The smallest absolute Gasteiger partial charge is 0.251 e. The Kier molecular flexibility index (Phi) is 8.62. The molecule has 0 saturated carbocycles. The Morgan fingerprint density at radius 3 is 1.95 bits per heavy atom. The molecule has 0 saturated heterocycles. The van der Waals surface area contributed by atoms with Gasteiger partial charge in [-0.3, -0.25) is 15.1 Å². The van der Waals surface area contributed by atoms with Gasteiger partial charge >= 0.3 is 0 Å². The normalized spacial score (nSPS) is 15.8. The second-order valence-corrected chi connectivity index (χ2v) is 4.25. The summed E-state index contributed by atoms with van der Waals surface area (Å²) in [6, 6.07) is 0. The minimum absolute atomic E-state index is 0.769. The average Bonchev–Trinajstić information content (AvgIpc) is 2.40. The maximum Gasteiger partial charge on any atom is 0.251 e. The summed E-state index contributed by atoms with van der Waals surface area (Å²) in [6.45, 7) is 8.69. The number of rotatable bonds is 10. The lowest BCUT2D eigenvalue weighted by Gasteiger charge is -2.53. The maximum absolute atomic E-state index is 6.04. The molecule has 0 rings (SSSR count). The fraction of sp³-hybridized carbons (Fsp3) is 1.00. The minimum atomic E-state index is -0.837. The molecule has 4 N–H and O–H groups in total. The zero-order chi connectivity index (χ0) is 15.1. The molecule has 0 heterocycles. The van der Waals surface area contributed by atoms with Crippen LogP contribution < -0.4 is 16.6 Å². The lowest BCUT2D eigenvalue weighted by molar-refractivity contribution is -0.363. The molecule has 0 aliphatic rings. The molecule has 0 bridgehead atoms. The zero-order valence-electron chi connectivity index (χ0n) is 13.4. The molecule has 0 aromatic carbocycles. The number of nitrogens with two attached hydrogens (primary N) is 1. The quantitative estimate of drug-likeness (QED) is 0.272. The van der Waals surface area contributed by atoms with E-state index in [1.54, 1.807) is 7.11 Å². The summed E-state index contributed by atoms with van der Waals surface area (Å²) < 4.78 is 0. The van der Waals surface area contributed by atoms with Crippen LogP contribution in [-0.4, -0.2) is 74.0 Å². The molecule has 0 aromatic heterocycles. The Morgan fingerprint density at radius 2 is 1.68 bits per heavy atom. The highest BCUT2D eigenvalue weighted by Gasteiger charge is 2.46. The van der Waals surface area contributed by atoms with Gasteiger partial charge in [-0.1, -0.05) is 25.9 Å². The van der Waals surface area contributed by atoms with Gasteiger partial charge in [0.25, 0.3) is 5.91 Å². The molecule has 1 atom stereocenters. The van der Waals surface area contributed by atoms with E-state index in [-0.39, 0.29) is 0 Å². The summed E-state index contributed by atoms with van der Waals surface area (Å²) in [6.07, 6.45) is 0. The van der Waals surface area contributed by atoms with E-state index in [4.69, 9.17) is 10.7 Å². The first-order chi connectivity index (χ1) is 8.95. The van der Waals surface area contributed by atoms with Gasteiger partial charge in [-0.15, -0.1) is 5.12 Å². The molecule has 1 unspecified atom stereocenters. The van der Waals surface area contributed by atoms with Gasteiger partial charge in [-0.2, -0.15) is 0 Å². The Labute approximate surface area is 117 Å². The fourth-order valence-corrected chi connectivity index (χ4v) is 2.11. The first-order valence-electron chi connectivity index (χ1n) is 6.70. The molecule has 0 amide bonds. The summed E-state index contributed by atoms with van der Waals surface area (Å²) in [4.78, 5) is 7.17. The molecule has 8 nitrogen and oxygen atoms in total. The molecule has 0 aliphatic carbocycles. The maximum atomic E-state index is 6.04. The molecular weight excluding hydrogens is 246 g/mol. The standard InChI is InChI=1S/C11H31N7O/c1-8-14-18(16(9-2)10-3)11(13-4,15(5)6)17(12)19-7/h13-14H,8-10,12H2,1-7H3. The van der Waals surface area contributed by atoms with Crippen LogP contribution in [0.5, 0.6) is 0 Å². The van der Waals surface area contributed by atoms with E-state index in [0.717, 1.165) is 19.6 Å². The van der Waals surface area contributed by atoms with Gasteiger partial charge in [0.1, 0.15) is 0 Å². The second kappa shape index (κ2) is 8.77. The van der Waals surface area contributed by atoms with Crippen molar-refractivity contribution >= 4 is 0 Å². The van der Waals surface area contributed by atoms with Gasteiger partial charge in [0, 0.05) is 19.6 Å². The van der Waals surface area contributed by atoms with Crippen molar-refractivity contribution in [1.82, 2.24) is 30.9 Å². The molecule has 0 aromatic rings. The highest BCUT2D eigenvalue weighted by Crippen LogP contribution is 2.18. The van der Waals surface area contributed by atoms with E-state index in [0.29, 0.717) is 0 Å². The Balaban J connectivity index is 5.58. The highest BCUT2D eigenvalue weighted by atomic mass is 16.7. The van der Waals surface area contributed by atoms with Crippen LogP contribution in [-0.2, 0) is 4.84 Å². The van der Waals surface area contributed by atoms with Crippen molar-refractivity contribution in [2.45, 2.75) is 26.7 Å². The molecule has 0 radical (unpaired) electrons. The Morgan fingerprint density at radius 1 is 1.16 bits per heavy atom. The number of hydrogen-bond acceptors (Lipinski definition) is 8. The lowest BCUT2D eigenvalue weighted by atomic mass is 10.5. The van der Waals surface area contributed by atoms with E-state index < -0.39 is 5.91 Å². The summed E-state index contributed by atoms with van der Waals surface area (Å²) in [5, 5.41) is 8.60. The van der Waals surface area contributed by atoms with Crippen molar-refractivity contribution in [2.24, 2.45) is 5.84 Å². The van der Waals surface area contributed by atoms with Gasteiger partial charge in [0.2, 0.25) is 0 Å². The van der Waals surface area contributed by atoms with Gasteiger partial charge in [0.05, 0.1) is 7.11 Å². The summed E-state index contributed by atoms with van der Waals surface area (Å²) in [5.41, 5.74) is 3.33. The molecule has 19 heavy (non-hydrogen) atoms. The largest absolute Gasteiger partial charge is 0.283 e. The van der Waals surface area contributed by atoms with Crippen molar-refractivity contribution in [3.63, 3.8) is 0 Å². The van der Waals surface area contributed by atoms with E-state index in [9.17, 15) is 0 Å². The first kappa shape index (κ1) is 18.7. The SMILES string of the molecule is CCNN(N(CC)CC)C(NC)(N(C)C)N(N)OC. The van der Waals surface area contributed by atoms with Gasteiger partial charge in [-0.05, 0) is 21.1 Å². The first-order valence-corrected chi connectivity index (χ1v) is 6.70. The van der Waals surface area contributed by atoms with E-state index >= 15 is 0 Å². The average molecular weight is 277 g/mol. The summed E-state index contributed by atoms with van der Waals surface area (Å²) in [5.74, 6) is 5.20. The molecular formula is C11H31N7O. The van der Waals surface area contributed by atoms with Crippen molar-refractivity contribution in [1.29, 1.82) is 0 Å². The monoisotopic (exact) mass is 277 g/mol. The van der Waals surface area contributed by atoms with Crippen LogP contribution in [0.2, 0.25) is 0 Å². The highest BCUT2D eigenvalue weighted by molar-refractivity contribution is 4.76. The molecule has 0 aliphatic heterocycles. The number of hydroxylamine groups is 1. The van der Waals surface area contributed by atoms with Gasteiger partial charge in [-0.25, -0.2) is 16.3 Å². The predicted molar refractivity (Wildman–Crippen MR) is 76.9 cm³/mol. The Bertz CT molecular complexity index is 237. The van der Waals surface area contributed by atoms with E-state index in [2.05, 4.69) is 29.6 Å². The minimum Gasteiger partial charge on any atom is -0.283 e. The van der Waals surface area contributed by atoms with Gasteiger partial charge < -0.3 is 0 Å². The van der Waals surface area contributed by atoms with E-state index in [1.807, 2.05) is 38.1 Å². The van der Waals surface area contributed by atoms with Crippen molar-refractivity contribution in [3.05, 3.63) is 0 Å². The molecule has 8 heteroatoms. The van der Waals surface area contributed by atoms with Crippen LogP contribution in [0, 0.1) is 0 Å². The third-order valence-electron chi connectivity index (χ3n) is 3.08. The number of nitrogens with zero attached hydrogens (tertiary/aromatic N) is 4. The third kappa shape index (κ3) is 3.83. The van der Waals surface area contributed by atoms with Crippen LogP contribution >= 0.6 is 0 Å². The van der Waals surface area contributed by atoms with Crippen LogP contribution in [0.15, 0.2) is 0 Å². The molecule has 0 fully saturated rings. The number of hydrogen-bond donors (Lipinski definition) is 3. The number of nitrogens with one attached hydrogen (secondary N) is 2. The van der Waals surface area contributed by atoms with Crippen molar-refractivity contribution in [2.75, 3.05) is 47.9 Å². The third-order valence-corrected chi connectivity index (χ3v) is 3.08. The topological polar surface area (TPSA) is 72.3 Å². The molecule has 0 spiro atoms. The zero-order valence-corrected chi connectivity index (χ0v) is 13.4. The van der Waals surface area contributed by atoms with Crippen LogP contribution in [0.1, 0.15) is 20.8 Å². The van der Waals surface area contributed by atoms with Crippen LogP contribution in [0.4, 0.5) is 0 Å². The number of hydrazine groups is 3. The summed E-state index contributed by atoms with van der Waals surface area (Å²) in [7, 11) is 7.25. The van der Waals surface area contributed by atoms with Gasteiger partial charge in [0.15, 0.2) is 0 Å². The van der Waals surface area contributed by atoms with E-state index in [1.165, 1.54) is 5.17 Å². The predicted octanol–water partition coefficient (Wildman–Crippen LogP) is -0.801. The summed E-state index contributed by atoms with van der Waals surface area (Å²) >= 11 is 0. The fourth-order valence-electron chi connectivity index (χ4n) is 2.11. The second-order valence-electron chi connectivity index (χ2n) is 4.25. The van der Waals surface area contributed by atoms with Crippen LogP contribution in [0.25, 0.3) is 0 Å². The lowest BCUT2D eigenvalue weighted by Crippen LogP contribution is -2.81. The Hall–Kier alpha value is -0.320.